The fraction of sp³-hybridized carbons (Fsp3) is 0.429. The molecule has 0 aromatic heterocycles. The first-order valence-electron chi connectivity index (χ1n) is 7.22. The summed E-state index contributed by atoms with van der Waals surface area (Å²) in [5.41, 5.74) is 4.81. The molecule has 1 aliphatic heterocycles. The van der Waals surface area contributed by atoms with Crippen molar-refractivity contribution in [2.24, 2.45) is 5.73 Å². The zero-order valence-corrected chi connectivity index (χ0v) is 15.5. The first-order valence-corrected chi connectivity index (χ1v) is 9.41. The molecule has 1 fully saturated rings. The summed E-state index contributed by atoms with van der Waals surface area (Å²) in [4.78, 5) is 22.9. The van der Waals surface area contributed by atoms with Crippen LogP contribution in [0.3, 0.4) is 0 Å². The van der Waals surface area contributed by atoms with Crippen LogP contribution in [0.5, 0.6) is 0 Å². The highest BCUT2D eigenvalue weighted by Crippen LogP contribution is 2.31. The van der Waals surface area contributed by atoms with Crippen LogP contribution in [0.4, 0.5) is 0 Å². The molecule has 8 nitrogen and oxygen atoms in total. The topological polar surface area (TPSA) is 116 Å². The lowest BCUT2D eigenvalue weighted by Crippen LogP contribution is -2.40. The van der Waals surface area contributed by atoms with Gasteiger partial charge in [-0.15, -0.1) is 0 Å². The minimum Gasteiger partial charge on any atom is -0.449 e. The number of rotatable bonds is 5. The maximum Gasteiger partial charge on any atom is 0.340 e. The Morgan fingerprint density at radius 1 is 1.24 bits per heavy atom. The summed E-state index contributed by atoms with van der Waals surface area (Å²) < 4.78 is 36.7. The predicted octanol–water partition coefficient (Wildman–Crippen LogP) is 1.04. The van der Waals surface area contributed by atoms with Crippen molar-refractivity contribution in [3.8, 4) is 0 Å². The minimum absolute atomic E-state index is 0.104. The molecular formula is C14H16Cl2N2O6S. The van der Waals surface area contributed by atoms with Gasteiger partial charge in [0.1, 0.15) is 4.90 Å². The minimum atomic E-state index is -3.95. The standard InChI is InChI=1S/C14H16Cl2N2O6S/c1-8(13(17)19)24-14(20)9-6-12(11(16)7-10(9)15)25(21,22)18-2-4-23-5-3-18/h6-8H,2-5H2,1H3,(H2,17,19)/t8-/m1/s1. The second-order valence-corrected chi connectivity index (χ2v) is 7.95. The van der Waals surface area contributed by atoms with Crippen molar-refractivity contribution in [1.29, 1.82) is 0 Å². The molecule has 1 amide bonds. The molecule has 11 heteroatoms. The lowest BCUT2D eigenvalue weighted by atomic mass is 10.2. The van der Waals surface area contributed by atoms with Crippen LogP contribution in [0, 0.1) is 0 Å². The van der Waals surface area contributed by atoms with Gasteiger partial charge in [-0.2, -0.15) is 4.31 Å². The van der Waals surface area contributed by atoms with Gasteiger partial charge in [-0.05, 0) is 19.1 Å². The van der Waals surface area contributed by atoms with Crippen molar-refractivity contribution in [2.75, 3.05) is 26.3 Å². The zero-order valence-electron chi connectivity index (χ0n) is 13.2. The summed E-state index contributed by atoms with van der Waals surface area (Å²) >= 11 is 12.0. The number of amides is 1. The largest absolute Gasteiger partial charge is 0.449 e. The summed E-state index contributed by atoms with van der Waals surface area (Å²) in [7, 11) is -3.95. The molecule has 1 heterocycles. The molecule has 0 bridgehead atoms. The molecule has 0 aliphatic carbocycles. The average molecular weight is 411 g/mol. The number of ether oxygens (including phenoxy) is 2. The van der Waals surface area contributed by atoms with E-state index in [1.807, 2.05) is 0 Å². The number of morpholine rings is 1. The van der Waals surface area contributed by atoms with Crippen LogP contribution in [0.1, 0.15) is 17.3 Å². The zero-order chi connectivity index (χ0) is 18.8. The first-order chi connectivity index (χ1) is 11.6. The summed E-state index contributed by atoms with van der Waals surface area (Å²) in [5.74, 6) is -1.83. The van der Waals surface area contributed by atoms with Crippen LogP contribution < -0.4 is 5.73 Å². The number of sulfonamides is 1. The van der Waals surface area contributed by atoms with Crippen LogP contribution in [-0.2, 0) is 24.3 Å². The van der Waals surface area contributed by atoms with Gasteiger partial charge in [0, 0.05) is 13.1 Å². The van der Waals surface area contributed by atoms with Gasteiger partial charge < -0.3 is 15.2 Å². The van der Waals surface area contributed by atoms with Gasteiger partial charge in [0.15, 0.2) is 6.10 Å². The fourth-order valence-electron chi connectivity index (χ4n) is 2.09. The van der Waals surface area contributed by atoms with E-state index in [0.717, 1.165) is 12.1 Å². The molecular weight excluding hydrogens is 395 g/mol. The predicted molar refractivity (Wildman–Crippen MR) is 90.1 cm³/mol. The normalized spacial score (nSPS) is 17.1. The Bertz CT molecular complexity index is 793. The second kappa shape index (κ2) is 7.88. The molecule has 1 aliphatic rings. The lowest BCUT2D eigenvalue weighted by Gasteiger charge is -2.26. The number of nitrogens with two attached hydrogens (primary N) is 1. The number of primary amides is 1. The summed E-state index contributed by atoms with van der Waals surface area (Å²) in [6.07, 6.45) is -1.20. The Hall–Kier alpha value is -1.39. The maximum absolute atomic E-state index is 12.7. The Morgan fingerprint density at radius 3 is 2.40 bits per heavy atom. The highest BCUT2D eigenvalue weighted by Gasteiger charge is 2.30. The third-order valence-electron chi connectivity index (χ3n) is 3.51. The van der Waals surface area contributed by atoms with E-state index in [2.05, 4.69) is 0 Å². The molecule has 2 rings (SSSR count). The smallest absolute Gasteiger partial charge is 0.340 e. The Kier molecular flexibility index (Phi) is 6.28. The van der Waals surface area contributed by atoms with Gasteiger partial charge in [0.2, 0.25) is 10.0 Å². The number of esters is 1. The fourth-order valence-corrected chi connectivity index (χ4v) is 4.32. The molecule has 1 atom stereocenters. The van der Waals surface area contributed by atoms with Gasteiger partial charge in [0.25, 0.3) is 5.91 Å². The Balaban J connectivity index is 2.40. The summed E-state index contributed by atoms with van der Waals surface area (Å²) in [5, 5.41) is -0.233. The van der Waals surface area contributed by atoms with E-state index in [1.54, 1.807) is 0 Å². The van der Waals surface area contributed by atoms with E-state index in [9.17, 15) is 18.0 Å². The van der Waals surface area contributed by atoms with E-state index in [-0.39, 0.29) is 46.8 Å². The summed E-state index contributed by atoms with van der Waals surface area (Å²) in [6.45, 7) is 2.14. The molecule has 0 radical (unpaired) electrons. The second-order valence-electron chi connectivity index (χ2n) is 5.23. The van der Waals surface area contributed by atoms with Gasteiger partial charge in [-0.1, -0.05) is 23.2 Å². The molecule has 1 aromatic carbocycles. The van der Waals surface area contributed by atoms with E-state index < -0.39 is 28.0 Å². The van der Waals surface area contributed by atoms with Crippen molar-refractivity contribution >= 4 is 45.1 Å². The highest BCUT2D eigenvalue weighted by atomic mass is 35.5. The van der Waals surface area contributed by atoms with Crippen LogP contribution in [0.25, 0.3) is 0 Å². The Morgan fingerprint density at radius 2 is 1.84 bits per heavy atom. The average Bonchev–Trinajstić information content (AvgIpc) is 2.55. The third-order valence-corrected chi connectivity index (χ3v) is 6.19. The van der Waals surface area contributed by atoms with Gasteiger partial charge in [-0.25, -0.2) is 13.2 Å². The number of carbonyl (C=O) groups excluding carboxylic acids is 2. The van der Waals surface area contributed by atoms with Crippen LogP contribution >= 0.6 is 23.2 Å². The Labute approximate surface area is 154 Å². The maximum atomic E-state index is 12.7. The quantitative estimate of drug-likeness (QED) is 0.724. The van der Waals surface area contributed by atoms with Crippen LogP contribution in [0.2, 0.25) is 10.0 Å². The van der Waals surface area contributed by atoms with Crippen LogP contribution in [0.15, 0.2) is 17.0 Å². The molecule has 0 spiro atoms. The molecule has 138 valence electrons. The number of carbonyl (C=O) groups is 2. The number of hydrogen-bond donors (Lipinski definition) is 1. The lowest BCUT2D eigenvalue weighted by molar-refractivity contribution is -0.125. The monoisotopic (exact) mass is 410 g/mol. The van der Waals surface area contributed by atoms with Crippen LogP contribution in [-0.4, -0.2) is 57.0 Å². The van der Waals surface area contributed by atoms with E-state index in [0.29, 0.717) is 0 Å². The molecule has 0 saturated carbocycles. The number of benzene rings is 1. The van der Waals surface area contributed by atoms with E-state index in [4.69, 9.17) is 38.4 Å². The van der Waals surface area contributed by atoms with E-state index >= 15 is 0 Å². The molecule has 2 N–H and O–H groups in total. The van der Waals surface area contributed by atoms with Gasteiger partial charge in [-0.3, -0.25) is 4.79 Å². The van der Waals surface area contributed by atoms with Crippen molar-refractivity contribution in [1.82, 2.24) is 4.31 Å². The van der Waals surface area contributed by atoms with Crippen molar-refractivity contribution in [2.45, 2.75) is 17.9 Å². The first kappa shape index (κ1) is 19.9. The van der Waals surface area contributed by atoms with Gasteiger partial charge >= 0.3 is 5.97 Å². The summed E-state index contributed by atoms with van der Waals surface area (Å²) in [6, 6.07) is 2.17. The molecule has 1 saturated heterocycles. The van der Waals surface area contributed by atoms with Crippen molar-refractivity contribution < 1.29 is 27.5 Å². The number of halogens is 2. The molecule has 0 unspecified atom stereocenters. The third kappa shape index (κ3) is 4.42. The highest BCUT2D eigenvalue weighted by molar-refractivity contribution is 7.89. The van der Waals surface area contributed by atoms with Gasteiger partial charge in [0.05, 0.1) is 28.8 Å². The number of nitrogens with zero attached hydrogens (tertiary/aromatic N) is 1. The number of hydrogen-bond acceptors (Lipinski definition) is 6. The van der Waals surface area contributed by atoms with Crippen molar-refractivity contribution in [3.05, 3.63) is 27.7 Å². The SMILES string of the molecule is C[C@@H](OC(=O)c1cc(S(=O)(=O)N2CCOCC2)c(Cl)cc1Cl)C(N)=O. The molecule has 1 aromatic rings. The van der Waals surface area contributed by atoms with Crippen molar-refractivity contribution in [3.63, 3.8) is 0 Å². The molecule has 25 heavy (non-hydrogen) atoms. The van der Waals surface area contributed by atoms with E-state index in [1.165, 1.54) is 11.2 Å².